The number of aliphatic carboxylic acids is 1. The molecule has 0 saturated carbocycles. The smallest absolute Gasteiger partial charge is 0.408 e. The Kier molecular flexibility index (Phi) is 11.0. The SMILES string of the molecule is C[C@@H](OC(=O)[C@H](Cc1ccc(OC(C)(C)C)cc1)NC(=O)OCC1c2ccccc2-c2ccccc21)C(NC(=O)OC(C)(C)C)C(=O)O. The van der Waals surface area contributed by atoms with Gasteiger partial charge in [-0.15, -0.1) is 0 Å². The predicted octanol–water partition coefficient (Wildman–Crippen LogP) is 6.22. The molecule has 48 heavy (non-hydrogen) atoms. The summed E-state index contributed by atoms with van der Waals surface area (Å²) in [5.41, 5.74) is 3.60. The number of amides is 2. The Morgan fingerprint density at radius 2 is 1.33 bits per heavy atom. The minimum absolute atomic E-state index is 0.00276. The molecule has 11 nitrogen and oxygen atoms in total. The van der Waals surface area contributed by atoms with Crippen molar-refractivity contribution in [3.63, 3.8) is 0 Å². The van der Waals surface area contributed by atoms with Gasteiger partial charge in [0.1, 0.15) is 35.7 Å². The summed E-state index contributed by atoms with van der Waals surface area (Å²) in [7, 11) is 0. The maximum atomic E-state index is 13.5. The zero-order chi connectivity index (χ0) is 35.2. The molecule has 256 valence electrons. The van der Waals surface area contributed by atoms with E-state index < -0.39 is 53.5 Å². The first-order valence-electron chi connectivity index (χ1n) is 15.8. The van der Waals surface area contributed by atoms with Gasteiger partial charge in [0.25, 0.3) is 0 Å². The van der Waals surface area contributed by atoms with Crippen molar-refractivity contribution < 1.29 is 43.2 Å². The summed E-state index contributed by atoms with van der Waals surface area (Å²) in [5, 5.41) is 14.6. The molecule has 1 aliphatic carbocycles. The number of nitrogens with one attached hydrogen (secondary N) is 2. The van der Waals surface area contributed by atoms with Gasteiger partial charge in [-0.2, -0.15) is 0 Å². The number of esters is 1. The molecular formula is C37H44N2O9. The molecule has 3 aromatic carbocycles. The molecule has 0 saturated heterocycles. The molecule has 0 fully saturated rings. The highest BCUT2D eigenvalue weighted by Crippen LogP contribution is 2.44. The van der Waals surface area contributed by atoms with E-state index in [9.17, 15) is 24.3 Å². The van der Waals surface area contributed by atoms with Gasteiger partial charge in [-0.25, -0.2) is 19.2 Å². The highest BCUT2D eigenvalue weighted by Gasteiger charge is 2.35. The number of ether oxygens (including phenoxy) is 4. The van der Waals surface area contributed by atoms with Crippen molar-refractivity contribution in [3.05, 3.63) is 89.5 Å². The molecule has 1 aliphatic rings. The van der Waals surface area contributed by atoms with Crippen LogP contribution in [0.4, 0.5) is 9.59 Å². The van der Waals surface area contributed by atoms with Gasteiger partial charge < -0.3 is 34.7 Å². The zero-order valence-electron chi connectivity index (χ0n) is 28.4. The number of fused-ring (bicyclic) bond motifs is 3. The van der Waals surface area contributed by atoms with Gasteiger partial charge in [-0.1, -0.05) is 60.7 Å². The average Bonchev–Trinajstić information content (AvgIpc) is 3.31. The first-order chi connectivity index (χ1) is 22.5. The van der Waals surface area contributed by atoms with Gasteiger partial charge in [0.2, 0.25) is 0 Å². The van der Waals surface area contributed by atoms with E-state index in [1.54, 1.807) is 45.0 Å². The van der Waals surface area contributed by atoms with E-state index in [4.69, 9.17) is 18.9 Å². The second-order valence-corrected chi connectivity index (χ2v) is 13.7. The van der Waals surface area contributed by atoms with Crippen molar-refractivity contribution in [2.75, 3.05) is 6.61 Å². The Hall–Kier alpha value is -5.06. The number of alkyl carbamates (subject to hydrolysis) is 2. The summed E-state index contributed by atoms with van der Waals surface area (Å²) in [4.78, 5) is 51.1. The fourth-order valence-electron chi connectivity index (χ4n) is 5.41. The number of carbonyl (C=O) groups is 4. The lowest BCUT2D eigenvalue weighted by Crippen LogP contribution is -2.52. The third kappa shape index (κ3) is 9.73. The molecule has 2 amide bonds. The Bertz CT molecular complexity index is 1580. The Morgan fingerprint density at radius 3 is 1.85 bits per heavy atom. The second-order valence-electron chi connectivity index (χ2n) is 13.7. The molecule has 0 heterocycles. The van der Waals surface area contributed by atoms with Crippen molar-refractivity contribution in [1.82, 2.24) is 10.6 Å². The van der Waals surface area contributed by atoms with Crippen molar-refractivity contribution in [2.24, 2.45) is 0 Å². The van der Waals surface area contributed by atoms with E-state index >= 15 is 0 Å². The van der Waals surface area contributed by atoms with Gasteiger partial charge in [0.15, 0.2) is 6.04 Å². The largest absolute Gasteiger partial charge is 0.488 e. The van der Waals surface area contributed by atoms with Gasteiger partial charge >= 0.3 is 24.1 Å². The van der Waals surface area contributed by atoms with Crippen molar-refractivity contribution in [2.45, 2.75) is 90.2 Å². The van der Waals surface area contributed by atoms with E-state index in [0.717, 1.165) is 22.3 Å². The van der Waals surface area contributed by atoms with Crippen LogP contribution in [0.2, 0.25) is 0 Å². The number of hydrogen-bond donors (Lipinski definition) is 3. The quantitative estimate of drug-likeness (QED) is 0.161. The van der Waals surface area contributed by atoms with Crippen LogP contribution in [-0.2, 0) is 30.2 Å². The summed E-state index contributed by atoms with van der Waals surface area (Å²) in [6, 6.07) is 20.0. The van der Waals surface area contributed by atoms with Crippen molar-refractivity contribution in [3.8, 4) is 16.9 Å². The minimum atomic E-state index is -1.62. The summed E-state index contributed by atoms with van der Waals surface area (Å²) < 4.78 is 22.2. The molecule has 4 rings (SSSR count). The summed E-state index contributed by atoms with van der Waals surface area (Å²) in [6.07, 6.45) is -3.15. The number of rotatable bonds is 11. The lowest BCUT2D eigenvalue weighted by Gasteiger charge is -2.26. The highest BCUT2D eigenvalue weighted by atomic mass is 16.6. The number of carboxylic acid groups (broad SMARTS) is 1. The molecule has 11 heteroatoms. The Balaban J connectivity index is 1.49. The normalized spacial score (nSPS) is 14.4. The first kappa shape index (κ1) is 35.8. The van der Waals surface area contributed by atoms with Crippen LogP contribution >= 0.6 is 0 Å². The Labute approximate surface area is 280 Å². The van der Waals surface area contributed by atoms with E-state index in [0.29, 0.717) is 11.3 Å². The molecule has 0 aromatic heterocycles. The molecule has 0 spiro atoms. The lowest BCUT2D eigenvalue weighted by atomic mass is 9.98. The highest BCUT2D eigenvalue weighted by molar-refractivity contribution is 5.84. The van der Waals surface area contributed by atoms with E-state index in [-0.39, 0.29) is 18.9 Å². The molecular weight excluding hydrogens is 616 g/mol. The first-order valence-corrected chi connectivity index (χ1v) is 15.8. The number of benzene rings is 3. The van der Waals surface area contributed by atoms with E-state index in [1.807, 2.05) is 69.3 Å². The van der Waals surface area contributed by atoms with Gasteiger partial charge in [-0.05, 0) is 88.4 Å². The van der Waals surface area contributed by atoms with E-state index in [1.165, 1.54) is 6.92 Å². The molecule has 3 aromatic rings. The fourth-order valence-corrected chi connectivity index (χ4v) is 5.41. The third-order valence-electron chi connectivity index (χ3n) is 7.42. The van der Waals surface area contributed by atoms with Crippen LogP contribution < -0.4 is 15.4 Å². The van der Waals surface area contributed by atoms with Crippen LogP contribution in [-0.4, -0.2) is 65.2 Å². The average molecular weight is 661 g/mol. The number of carbonyl (C=O) groups excluding carboxylic acids is 3. The van der Waals surface area contributed by atoms with Crippen LogP contribution in [0.15, 0.2) is 72.8 Å². The topological polar surface area (TPSA) is 149 Å². The van der Waals surface area contributed by atoms with Crippen LogP contribution in [0, 0.1) is 0 Å². The van der Waals surface area contributed by atoms with Crippen molar-refractivity contribution in [1.29, 1.82) is 0 Å². The molecule has 0 bridgehead atoms. The van der Waals surface area contributed by atoms with Crippen LogP contribution in [0.5, 0.6) is 5.75 Å². The molecule has 0 radical (unpaired) electrons. The van der Waals surface area contributed by atoms with Gasteiger partial charge in [0.05, 0.1) is 0 Å². The number of carboxylic acids is 1. The van der Waals surface area contributed by atoms with Crippen LogP contribution in [0.1, 0.15) is 71.1 Å². The summed E-state index contributed by atoms with van der Waals surface area (Å²) >= 11 is 0. The molecule has 0 aliphatic heterocycles. The standard InChI is InChI=1S/C37H44N2O9/c1-22(31(32(40)41)39-35(44)48-37(5,6)7)46-33(42)30(20-23-16-18-24(19-17-23)47-36(2,3)4)38-34(43)45-21-29-27-14-10-8-12-25(27)26-13-9-11-15-28(26)29/h8-19,22,29-31H,20-21H2,1-7H3,(H,38,43)(H,39,44)(H,40,41)/t22-,30+,31?/m1/s1. The maximum Gasteiger partial charge on any atom is 0.408 e. The fraction of sp³-hybridized carbons (Fsp3) is 0.405. The van der Waals surface area contributed by atoms with Crippen LogP contribution in [0.25, 0.3) is 11.1 Å². The second kappa shape index (κ2) is 14.8. The third-order valence-corrected chi connectivity index (χ3v) is 7.42. The van der Waals surface area contributed by atoms with Crippen LogP contribution in [0.3, 0.4) is 0 Å². The zero-order valence-corrected chi connectivity index (χ0v) is 28.4. The van der Waals surface area contributed by atoms with Gasteiger partial charge in [-0.3, -0.25) is 0 Å². The Morgan fingerprint density at radius 1 is 0.771 bits per heavy atom. The lowest BCUT2D eigenvalue weighted by molar-refractivity contribution is -0.156. The monoisotopic (exact) mass is 660 g/mol. The summed E-state index contributed by atoms with van der Waals surface area (Å²) in [6.45, 7) is 12.0. The number of hydrogen-bond acceptors (Lipinski definition) is 8. The van der Waals surface area contributed by atoms with Crippen molar-refractivity contribution >= 4 is 24.1 Å². The summed E-state index contributed by atoms with van der Waals surface area (Å²) in [5.74, 6) is -1.92. The molecule has 1 unspecified atom stereocenters. The predicted molar refractivity (Wildman–Crippen MR) is 179 cm³/mol. The van der Waals surface area contributed by atoms with Gasteiger partial charge in [0, 0.05) is 12.3 Å². The molecule has 3 N–H and O–H groups in total. The maximum absolute atomic E-state index is 13.5. The minimum Gasteiger partial charge on any atom is -0.488 e. The van der Waals surface area contributed by atoms with E-state index in [2.05, 4.69) is 10.6 Å². The molecule has 3 atom stereocenters.